The van der Waals surface area contributed by atoms with E-state index in [1.807, 2.05) is 0 Å². The topological polar surface area (TPSA) is 76.9 Å². The maximum atomic E-state index is 12.8. The average Bonchev–Trinajstić information content (AvgIpc) is 2.64. The van der Waals surface area contributed by atoms with Gasteiger partial charge in [0.05, 0.1) is 10.9 Å². The van der Waals surface area contributed by atoms with Gasteiger partial charge in [0.2, 0.25) is 5.91 Å². The van der Waals surface area contributed by atoms with Gasteiger partial charge in [-0.2, -0.15) is 17.9 Å². The summed E-state index contributed by atoms with van der Waals surface area (Å²) >= 11 is 0. The van der Waals surface area contributed by atoms with Crippen molar-refractivity contribution in [3.8, 4) is 0 Å². The molecule has 0 unspecified atom stereocenters. The van der Waals surface area contributed by atoms with E-state index in [2.05, 4.69) is 15.6 Å². The average molecular weight is 376 g/mol. The molecule has 0 spiro atoms. The molecule has 1 N–H and O–H groups in total. The fourth-order valence-electron chi connectivity index (χ4n) is 2.67. The molecular weight excluding hydrogens is 361 g/mol. The van der Waals surface area contributed by atoms with Crippen LogP contribution in [0.25, 0.3) is 10.9 Å². The molecule has 1 aromatic heterocycles. The Hall–Kier alpha value is -3.23. The number of benzene rings is 2. The van der Waals surface area contributed by atoms with Crippen molar-refractivity contribution in [2.75, 3.05) is 5.32 Å². The van der Waals surface area contributed by atoms with Crippen molar-refractivity contribution in [3.05, 3.63) is 64.4 Å². The molecule has 6 nitrogen and oxygen atoms in total. The van der Waals surface area contributed by atoms with Gasteiger partial charge in [-0.1, -0.05) is 30.3 Å². The van der Waals surface area contributed by atoms with E-state index in [9.17, 15) is 22.8 Å². The molecule has 2 aromatic carbocycles. The van der Waals surface area contributed by atoms with E-state index in [-0.39, 0.29) is 12.1 Å². The summed E-state index contributed by atoms with van der Waals surface area (Å²) in [6.45, 7) is 1.67. The lowest BCUT2D eigenvalue weighted by molar-refractivity contribution is -0.137. The van der Waals surface area contributed by atoms with Crippen LogP contribution in [-0.2, 0) is 11.0 Å². The van der Waals surface area contributed by atoms with Crippen LogP contribution in [0.4, 0.5) is 18.9 Å². The van der Waals surface area contributed by atoms with Gasteiger partial charge in [0, 0.05) is 5.69 Å². The minimum absolute atomic E-state index is 0.0185. The van der Waals surface area contributed by atoms with E-state index in [1.165, 1.54) is 12.1 Å². The Balaban J connectivity index is 1.92. The molecule has 1 amide bonds. The first-order valence-corrected chi connectivity index (χ1v) is 8.13. The molecule has 0 saturated carbocycles. The van der Waals surface area contributed by atoms with Gasteiger partial charge in [0.1, 0.15) is 11.6 Å². The number of anilines is 1. The number of hydrogen-bond acceptors (Lipinski definition) is 4. The van der Waals surface area contributed by atoms with Crippen LogP contribution in [0.2, 0.25) is 0 Å². The normalized spacial score (nSPS) is 12.7. The highest BCUT2D eigenvalue weighted by Crippen LogP contribution is 2.30. The number of carbonyl (C=O) groups excluding carboxylic acids is 1. The zero-order chi connectivity index (χ0) is 19.6. The number of fused-ring (bicyclic) bond motifs is 1. The standard InChI is InChI=1S/C18H15F3N4O2/c1-2-15(25-17(27)13-8-3-4-9-14(13)23-24-25)16(26)22-12-7-5-6-11(10-12)18(19,20)21/h3-10,15H,2H2,1H3,(H,22,26)/t15-/m1/s1. The molecule has 9 heteroatoms. The van der Waals surface area contributed by atoms with Gasteiger partial charge in [0.25, 0.3) is 5.56 Å². The number of nitrogens with one attached hydrogen (secondary N) is 1. The first kappa shape index (κ1) is 18.6. The molecule has 0 aliphatic heterocycles. The molecule has 0 saturated heterocycles. The number of aromatic nitrogens is 3. The molecule has 3 rings (SSSR count). The summed E-state index contributed by atoms with van der Waals surface area (Å²) in [6, 6.07) is 9.83. The van der Waals surface area contributed by atoms with E-state index in [1.54, 1.807) is 31.2 Å². The number of hydrogen-bond donors (Lipinski definition) is 1. The van der Waals surface area contributed by atoms with Crippen LogP contribution < -0.4 is 10.9 Å². The molecule has 0 bridgehead atoms. The van der Waals surface area contributed by atoms with Crippen LogP contribution >= 0.6 is 0 Å². The second-order valence-electron chi connectivity index (χ2n) is 5.85. The molecule has 0 aliphatic carbocycles. The summed E-state index contributed by atoms with van der Waals surface area (Å²) in [5.74, 6) is -0.650. The Morgan fingerprint density at radius 3 is 2.63 bits per heavy atom. The van der Waals surface area contributed by atoms with E-state index in [4.69, 9.17) is 0 Å². The molecule has 27 heavy (non-hydrogen) atoms. The maximum absolute atomic E-state index is 12.8. The molecular formula is C18H15F3N4O2. The highest BCUT2D eigenvalue weighted by molar-refractivity contribution is 5.93. The fourth-order valence-corrected chi connectivity index (χ4v) is 2.67. The molecule has 1 heterocycles. The van der Waals surface area contributed by atoms with E-state index in [0.717, 1.165) is 16.8 Å². The summed E-state index contributed by atoms with van der Waals surface area (Å²) in [7, 11) is 0. The Kier molecular flexibility index (Phi) is 4.93. The maximum Gasteiger partial charge on any atom is 0.416 e. The lowest BCUT2D eigenvalue weighted by Gasteiger charge is -2.17. The van der Waals surface area contributed by atoms with Gasteiger partial charge in [-0.05, 0) is 36.8 Å². The smallest absolute Gasteiger partial charge is 0.324 e. The molecule has 0 radical (unpaired) electrons. The second-order valence-corrected chi connectivity index (χ2v) is 5.85. The summed E-state index contributed by atoms with van der Waals surface area (Å²) in [5.41, 5.74) is -0.996. The summed E-state index contributed by atoms with van der Waals surface area (Å²) in [5, 5.41) is 10.5. The largest absolute Gasteiger partial charge is 0.416 e. The minimum atomic E-state index is -4.52. The van der Waals surface area contributed by atoms with E-state index in [0.29, 0.717) is 10.9 Å². The number of rotatable bonds is 4. The predicted molar refractivity (Wildman–Crippen MR) is 93.2 cm³/mol. The summed E-state index contributed by atoms with van der Waals surface area (Å²) in [6.07, 6.45) is -4.32. The quantitative estimate of drug-likeness (QED) is 0.757. The first-order chi connectivity index (χ1) is 12.8. The second kappa shape index (κ2) is 7.18. The van der Waals surface area contributed by atoms with E-state index >= 15 is 0 Å². The lowest BCUT2D eigenvalue weighted by Crippen LogP contribution is -2.35. The summed E-state index contributed by atoms with van der Waals surface area (Å²) < 4.78 is 39.4. The zero-order valence-corrected chi connectivity index (χ0v) is 14.2. The number of nitrogens with zero attached hydrogens (tertiary/aromatic N) is 3. The number of alkyl halides is 3. The van der Waals surface area contributed by atoms with Crippen LogP contribution in [-0.4, -0.2) is 20.9 Å². The lowest BCUT2D eigenvalue weighted by atomic mass is 10.1. The predicted octanol–water partition coefficient (Wildman–Crippen LogP) is 3.40. The number of carbonyl (C=O) groups is 1. The van der Waals surface area contributed by atoms with Crippen LogP contribution in [0.1, 0.15) is 24.9 Å². The Morgan fingerprint density at radius 1 is 1.19 bits per heavy atom. The number of amides is 1. The van der Waals surface area contributed by atoms with E-state index < -0.39 is 29.2 Å². The van der Waals surface area contributed by atoms with Gasteiger partial charge >= 0.3 is 6.18 Å². The Labute approximate surface area is 151 Å². The highest BCUT2D eigenvalue weighted by atomic mass is 19.4. The molecule has 3 aromatic rings. The van der Waals surface area contributed by atoms with Gasteiger partial charge in [-0.25, -0.2) is 0 Å². The van der Waals surface area contributed by atoms with Crippen molar-refractivity contribution in [1.29, 1.82) is 0 Å². The Bertz CT molecular complexity index is 1050. The third-order valence-corrected chi connectivity index (χ3v) is 4.03. The minimum Gasteiger partial charge on any atom is -0.324 e. The van der Waals surface area contributed by atoms with Gasteiger partial charge in [0.15, 0.2) is 0 Å². The fraction of sp³-hybridized carbons (Fsp3) is 0.222. The number of halogens is 3. The Morgan fingerprint density at radius 2 is 1.93 bits per heavy atom. The van der Waals surface area contributed by atoms with Crippen molar-refractivity contribution in [2.45, 2.75) is 25.6 Å². The third kappa shape index (κ3) is 3.81. The van der Waals surface area contributed by atoms with Crippen LogP contribution in [0.15, 0.2) is 53.3 Å². The van der Waals surface area contributed by atoms with Gasteiger partial charge in [-0.3, -0.25) is 9.59 Å². The van der Waals surface area contributed by atoms with Crippen LogP contribution in [0.3, 0.4) is 0 Å². The molecule has 140 valence electrons. The van der Waals surface area contributed by atoms with Gasteiger partial charge < -0.3 is 5.32 Å². The molecule has 0 fully saturated rings. The van der Waals surface area contributed by atoms with Crippen LogP contribution in [0.5, 0.6) is 0 Å². The van der Waals surface area contributed by atoms with Crippen molar-refractivity contribution in [1.82, 2.24) is 15.0 Å². The van der Waals surface area contributed by atoms with Crippen molar-refractivity contribution in [3.63, 3.8) is 0 Å². The SMILES string of the molecule is CC[C@H](C(=O)Nc1cccc(C(F)(F)F)c1)n1nnc2ccccc2c1=O. The third-order valence-electron chi connectivity index (χ3n) is 4.03. The molecule has 1 atom stereocenters. The summed E-state index contributed by atoms with van der Waals surface area (Å²) in [4.78, 5) is 25.2. The molecule has 0 aliphatic rings. The van der Waals surface area contributed by atoms with Gasteiger partial charge in [-0.15, -0.1) is 5.10 Å². The van der Waals surface area contributed by atoms with Crippen molar-refractivity contribution >= 4 is 22.5 Å². The van der Waals surface area contributed by atoms with Crippen LogP contribution in [0, 0.1) is 0 Å². The van der Waals surface area contributed by atoms with Crippen molar-refractivity contribution in [2.24, 2.45) is 0 Å². The monoisotopic (exact) mass is 376 g/mol. The highest BCUT2D eigenvalue weighted by Gasteiger charge is 2.31. The first-order valence-electron chi connectivity index (χ1n) is 8.13. The van der Waals surface area contributed by atoms with Crippen molar-refractivity contribution < 1.29 is 18.0 Å². The zero-order valence-electron chi connectivity index (χ0n) is 14.2.